The number of nitriles is 1. The summed E-state index contributed by atoms with van der Waals surface area (Å²) in [5.41, 5.74) is 9.97. The van der Waals surface area contributed by atoms with Gasteiger partial charge in [-0.2, -0.15) is 5.26 Å². The third-order valence-corrected chi connectivity index (χ3v) is 11.3. The predicted octanol–water partition coefficient (Wildman–Crippen LogP) is 10.5. The SMILES string of the molecule is Cc1c(COc2cc(OCc3cncc(C#N)c3)c(CC[C@@](C)(CO)C(=O)O)cc2Cl)cccc1-c1cccc(-c2ccc(CC3CCCC3)cc2)c1C. The summed E-state index contributed by atoms with van der Waals surface area (Å²) in [6.45, 7) is 5.69. The number of benzene rings is 4. The number of aliphatic carboxylic acids is 1. The highest BCUT2D eigenvalue weighted by atomic mass is 35.5. The van der Waals surface area contributed by atoms with Gasteiger partial charge in [0.15, 0.2) is 0 Å². The number of pyridine rings is 1. The minimum absolute atomic E-state index is 0.122. The van der Waals surface area contributed by atoms with Crippen LogP contribution in [0.25, 0.3) is 22.3 Å². The van der Waals surface area contributed by atoms with E-state index < -0.39 is 18.0 Å². The van der Waals surface area contributed by atoms with E-state index in [2.05, 4.69) is 79.5 Å². The first-order valence-electron chi connectivity index (χ1n) is 18.6. The number of carbonyl (C=O) groups is 1. The smallest absolute Gasteiger partial charge is 0.311 e. The second-order valence-electron chi connectivity index (χ2n) is 14.8. The van der Waals surface area contributed by atoms with Gasteiger partial charge in [-0.05, 0) is 108 Å². The Morgan fingerprint density at radius 2 is 1.56 bits per heavy atom. The summed E-state index contributed by atoms with van der Waals surface area (Å²) in [4.78, 5) is 16.0. The minimum Gasteiger partial charge on any atom is -0.488 e. The van der Waals surface area contributed by atoms with Crippen molar-refractivity contribution >= 4 is 17.6 Å². The summed E-state index contributed by atoms with van der Waals surface area (Å²) in [6, 6.07) is 29.1. The van der Waals surface area contributed by atoms with Crippen molar-refractivity contribution in [3.05, 3.63) is 135 Å². The van der Waals surface area contributed by atoms with Crippen LogP contribution >= 0.6 is 11.6 Å². The molecule has 1 atom stereocenters. The highest BCUT2D eigenvalue weighted by Crippen LogP contribution is 2.38. The van der Waals surface area contributed by atoms with Gasteiger partial charge in [-0.3, -0.25) is 9.78 Å². The van der Waals surface area contributed by atoms with E-state index in [0.29, 0.717) is 39.6 Å². The van der Waals surface area contributed by atoms with E-state index in [-0.39, 0.29) is 19.6 Å². The highest BCUT2D eigenvalue weighted by Gasteiger charge is 2.32. The molecule has 0 bridgehead atoms. The summed E-state index contributed by atoms with van der Waals surface area (Å²) in [6.07, 6.45) is 10.2. The lowest BCUT2D eigenvalue weighted by molar-refractivity contribution is -0.150. The molecule has 0 radical (unpaired) electrons. The summed E-state index contributed by atoms with van der Waals surface area (Å²) >= 11 is 6.79. The summed E-state index contributed by atoms with van der Waals surface area (Å²) in [5.74, 6) is 0.622. The Labute approximate surface area is 323 Å². The van der Waals surface area contributed by atoms with Gasteiger partial charge in [-0.15, -0.1) is 0 Å². The van der Waals surface area contributed by atoms with Crippen LogP contribution in [-0.4, -0.2) is 27.8 Å². The Kier molecular flexibility index (Phi) is 12.4. The number of hydrogen-bond acceptors (Lipinski definition) is 6. The molecular formula is C46H47ClN2O5. The van der Waals surface area contributed by atoms with Crippen LogP contribution < -0.4 is 9.47 Å². The summed E-state index contributed by atoms with van der Waals surface area (Å²) in [7, 11) is 0. The fourth-order valence-electron chi connectivity index (χ4n) is 7.36. The van der Waals surface area contributed by atoms with Crippen LogP contribution in [0, 0.1) is 36.5 Å². The molecule has 5 aromatic rings. The minimum atomic E-state index is -1.33. The number of aryl methyl sites for hydroxylation is 1. The number of nitrogens with zero attached hydrogens (tertiary/aromatic N) is 2. The molecule has 0 aliphatic heterocycles. The largest absolute Gasteiger partial charge is 0.488 e. The number of carboxylic acid groups (broad SMARTS) is 1. The fourth-order valence-corrected chi connectivity index (χ4v) is 7.61. The Hall–Kier alpha value is -5.16. The molecule has 1 fully saturated rings. The van der Waals surface area contributed by atoms with Crippen LogP contribution in [0.3, 0.4) is 0 Å². The molecule has 0 amide bonds. The third-order valence-electron chi connectivity index (χ3n) is 11.0. The average molecular weight is 743 g/mol. The summed E-state index contributed by atoms with van der Waals surface area (Å²) in [5, 5.41) is 29.2. The van der Waals surface area contributed by atoms with Crippen molar-refractivity contribution in [2.75, 3.05) is 6.61 Å². The number of halogens is 1. The van der Waals surface area contributed by atoms with Crippen LogP contribution in [0.15, 0.2) is 91.3 Å². The zero-order valence-corrected chi connectivity index (χ0v) is 32.0. The van der Waals surface area contributed by atoms with Gasteiger partial charge in [-0.1, -0.05) is 97.9 Å². The van der Waals surface area contributed by atoms with Crippen molar-refractivity contribution in [2.24, 2.45) is 11.3 Å². The number of hydrogen-bond donors (Lipinski definition) is 2. The molecule has 54 heavy (non-hydrogen) atoms. The molecule has 278 valence electrons. The van der Waals surface area contributed by atoms with Crippen molar-refractivity contribution in [3.63, 3.8) is 0 Å². The molecule has 2 N–H and O–H groups in total. The Bertz CT molecular complexity index is 2150. The molecular weight excluding hydrogens is 696 g/mol. The second kappa shape index (κ2) is 17.3. The monoisotopic (exact) mass is 742 g/mol. The van der Waals surface area contributed by atoms with Crippen LogP contribution in [0.2, 0.25) is 5.02 Å². The molecule has 8 heteroatoms. The lowest BCUT2D eigenvalue weighted by Crippen LogP contribution is -2.32. The van der Waals surface area contributed by atoms with Crippen molar-refractivity contribution in [2.45, 2.75) is 78.9 Å². The van der Waals surface area contributed by atoms with E-state index in [9.17, 15) is 20.3 Å². The summed E-state index contributed by atoms with van der Waals surface area (Å²) < 4.78 is 12.6. The van der Waals surface area contributed by atoms with E-state index in [1.165, 1.54) is 73.0 Å². The quantitative estimate of drug-likeness (QED) is 0.110. The number of aromatic nitrogens is 1. The first-order chi connectivity index (χ1) is 26.1. The lowest BCUT2D eigenvalue weighted by Gasteiger charge is -2.23. The third kappa shape index (κ3) is 8.95. The molecule has 0 saturated heterocycles. The topological polar surface area (TPSA) is 113 Å². The van der Waals surface area contributed by atoms with Gasteiger partial charge in [0.2, 0.25) is 0 Å². The van der Waals surface area contributed by atoms with E-state index in [1.54, 1.807) is 24.4 Å². The second-order valence-corrected chi connectivity index (χ2v) is 15.2. The van der Waals surface area contributed by atoms with Gasteiger partial charge in [0, 0.05) is 24.0 Å². The number of ether oxygens (including phenoxy) is 2. The van der Waals surface area contributed by atoms with Gasteiger partial charge >= 0.3 is 5.97 Å². The Balaban J connectivity index is 1.22. The maximum Gasteiger partial charge on any atom is 0.311 e. The standard InChI is InChI=1S/C46H47ClN2O5/c1-30-38(10-6-12-40(30)41-13-7-11-39(31(41)2)36-16-14-33(15-17-36)20-32-8-4-5-9-32)28-54-44-23-43(53-27-35-21-34(24-48)25-49-26-35)37(22-42(44)47)18-19-46(3,29-50)45(51)52/h6-7,10-17,21-23,25-26,32,50H,4-5,8-9,18-20,27-29H2,1-3H3,(H,51,52)/t46-/m0/s1. The van der Waals surface area contributed by atoms with Crippen molar-refractivity contribution in [1.29, 1.82) is 5.26 Å². The molecule has 1 saturated carbocycles. The Morgan fingerprint density at radius 1 is 0.870 bits per heavy atom. The normalized spacial score (nSPS) is 14.0. The van der Waals surface area contributed by atoms with E-state index in [0.717, 1.165) is 22.6 Å². The van der Waals surface area contributed by atoms with Gasteiger partial charge in [0.25, 0.3) is 0 Å². The first-order valence-corrected chi connectivity index (χ1v) is 19.0. The molecule has 1 heterocycles. The zero-order valence-electron chi connectivity index (χ0n) is 31.2. The van der Waals surface area contributed by atoms with E-state index in [4.69, 9.17) is 21.1 Å². The molecule has 4 aromatic carbocycles. The highest BCUT2D eigenvalue weighted by molar-refractivity contribution is 6.32. The van der Waals surface area contributed by atoms with Gasteiger partial charge in [-0.25, -0.2) is 0 Å². The first kappa shape index (κ1) is 38.6. The van der Waals surface area contributed by atoms with Crippen LogP contribution in [0.4, 0.5) is 0 Å². The van der Waals surface area contributed by atoms with Crippen LogP contribution in [-0.2, 0) is 30.8 Å². The van der Waals surface area contributed by atoms with Gasteiger partial charge < -0.3 is 19.7 Å². The van der Waals surface area contributed by atoms with Crippen LogP contribution in [0.5, 0.6) is 11.5 Å². The Morgan fingerprint density at radius 3 is 2.26 bits per heavy atom. The average Bonchev–Trinajstić information content (AvgIpc) is 3.70. The molecule has 1 aliphatic carbocycles. The molecule has 1 aromatic heterocycles. The van der Waals surface area contributed by atoms with E-state index in [1.807, 2.05) is 6.07 Å². The number of rotatable bonds is 15. The zero-order chi connectivity index (χ0) is 38.2. The van der Waals surface area contributed by atoms with E-state index >= 15 is 0 Å². The maximum atomic E-state index is 11.9. The number of carboxylic acids is 1. The molecule has 0 unspecified atom stereocenters. The van der Waals surface area contributed by atoms with Crippen LogP contribution in [0.1, 0.15) is 78.0 Å². The number of aliphatic hydroxyl groups excluding tert-OH is 1. The lowest BCUT2D eigenvalue weighted by atomic mass is 9.85. The molecule has 6 rings (SSSR count). The molecule has 0 spiro atoms. The maximum absolute atomic E-state index is 11.9. The number of aliphatic hydroxyl groups is 1. The predicted molar refractivity (Wildman–Crippen MR) is 213 cm³/mol. The molecule has 7 nitrogen and oxygen atoms in total. The fraction of sp³-hybridized carbons (Fsp3) is 0.326. The van der Waals surface area contributed by atoms with Crippen molar-refractivity contribution in [3.8, 4) is 39.8 Å². The van der Waals surface area contributed by atoms with Crippen molar-refractivity contribution in [1.82, 2.24) is 4.98 Å². The molecule has 1 aliphatic rings. The van der Waals surface area contributed by atoms with Crippen molar-refractivity contribution < 1.29 is 24.5 Å². The van der Waals surface area contributed by atoms with Gasteiger partial charge in [0.05, 0.1) is 22.6 Å². The van der Waals surface area contributed by atoms with Gasteiger partial charge in [0.1, 0.15) is 30.8 Å².